The number of hydrogen-bond acceptors (Lipinski definition) is 8. The van der Waals surface area contributed by atoms with Gasteiger partial charge in [0.15, 0.2) is 6.10 Å². The fourth-order valence-corrected chi connectivity index (χ4v) is 3.69. The molecular weight excluding hydrogens is 468 g/mol. The molecule has 0 amide bonds. The second kappa shape index (κ2) is 12.6. The van der Waals surface area contributed by atoms with E-state index in [2.05, 4.69) is 6.92 Å². The minimum atomic E-state index is -1.86. The molecule has 196 valence electrons. The number of rotatable bonds is 8. The number of allylic oxidation sites excluding steroid dienone is 6. The van der Waals surface area contributed by atoms with Gasteiger partial charge < -0.3 is 34.6 Å². The van der Waals surface area contributed by atoms with E-state index in [4.69, 9.17) is 19.3 Å². The zero-order valence-electron chi connectivity index (χ0n) is 21.3. The van der Waals surface area contributed by atoms with Crippen LogP contribution in [0.4, 0.5) is 0 Å². The van der Waals surface area contributed by atoms with Crippen molar-refractivity contribution in [1.29, 1.82) is 0 Å². The highest BCUT2D eigenvalue weighted by Crippen LogP contribution is 2.28. The Kier molecular flexibility index (Phi) is 10.2. The number of carboxylic acid groups (broad SMARTS) is 1. The van der Waals surface area contributed by atoms with Crippen LogP contribution in [0.5, 0.6) is 5.75 Å². The summed E-state index contributed by atoms with van der Waals surface area (Å²) in [4.78, 5) is 23.3. The third-order valence-electron chi connectivity index (χ3n) is 5.95. The summed E-state index contributed by atoms with van der Waals surface area (Å²) in [5.41, 5.74) is 5.96. The molecule has 0 saturated carbocycles. The number of carboxylic acids is 1. The number of aliphatic carboxylic acids is 1. The Morgan fingerprint density at radius 3 is 2.25 bits per heavy atom. The third kappa shape index (κ3) is 7.14. The summed E-state index contributed by atoms with van der Waals surface area (Å²) in [5.74, 6) is -1.61. The summed E-state index contributed by atoms with van der Waals surface area (Å²) in [5, 5.41) is 38.5. The van der Waals surface area contributed by atoms with Crippen LogP contribution in [0, 0.1) is 20.8 Å². The predicted molar refractivity (Wildman–Crippen MR) is 133 cm³/mol. The Morgan fingerprint density at radius 2 is 1.64 bits per heavy atom. The second-order valence-electron chi connectivity index (χ2n) is 8.72. The molecule has 1 fully saturated rings. The number of aliphatic hydroxyl groups excluding tert-OH is 3. The fourth-order valence-electron chi connectivity index (χ4n) is 3.69. The molecule has 1 saturated heterocycles. The molecule has 1 aliphatic heterocycles. The zero-order chi connectivity index (χ0) is 27.2. The van der Waals surface area contributed by atoms with Crippen LogP contribution in [0.3, 0.4) is 0 Å². The average molecular weight is 503 g/mol. The molecule has 9 nitrogen and oxygen atoms in total. The van der Waals surface area contributed by atoms with Crippen LogP contribution >= 0.6 is 0 Å². The van der Waals surface area contributed by atoms with Gasteiger partial charge in [-0.2, -0.15) is 0 Å². The Labute approximate surface area is 210 Å². The maximum atomic E-state index is 12.2. The monoisotopic (exact) mass is 502 g/mol. The molecule has 0 spiro atoms. The van der Waals surface area contributed by atoms with Crippen molar-refractivity contribution in [2.24, 2.45) is 0 Å². The molecular formula is C27H34O9. The Morgan fingerprint density at radius 1 is 0.972 bits per heavy atom. The molecule has 1 aromatic carbocycles. The lowest BCUT2D eigenvalue weighted by atomic mass is 9.96. The maximum Gasteiger partial charge on any atom is 0.335 e. The van der Waals surface area contributed by atoms with Crippen LogP contribution < -0.4 is 4.74 Å². The minimum Gasteiger partial charge on any atom is -0.496 e. The van der Waals surface area contributed by atoms with Gasteiger partial charge in [-0.25, -0.2) is 9.59 Å². The third-order valence-corrected chi connectivity index (χ3v) is 5.95. The van der Waals surface area contributed by atoms with Gasteiger partial charge in [0.2, 0.25) is 6.29 Å². The van der Waals surface area contributed by atoms with E-state index in [9.17, 15) is 24.9 Å². The van der Waals surface area contributed by atoms with Crippen LogP contribution in [0.1, 0.15) is 36.1 Å². The van der Waals surface area contributed by atoms with Gasteiger partial charge in [0.05, 0.1) is 7.11 Å². The van der Waals surface area contributed by atoms with E-state index in [1.165, 1.54) is 0 Å². The Bertz CT molecular complexity index is 1100. The van der Waals surface area contributed by atoms with Gasteiger partial charge in [-0.1, -0.05) is 36.0 Å². The Balaban J connectivity index is 2.03. The molecule has 4 N–H and O–H groups in total. The molecule has 36 heavy (non-hydrogen) atoms. The lowest BCUT2D eigenvalue weighted by molar-refractivity contribution is -0.284. The molecule has 1 aliphatic rings. The number of carbonyl (C=O) groups excluding carboxylic acids is 1. The van der Waals surface area contributed by atoms with Crippen molar-refractivity contribution in [1.82, 2.24) is 0 Å². The van der Waals surface area contributed by atoms with Crippen LogP contribution in [0.2, 0.25) is 0 Å². The van der Waals surface area contributed by atoms with Crippen LogP contribution in [-0.4, -0.2) is 70.2 Å². The lowest BCUT2D eigenvalue weighted by Crippen LogP contribution is -2.60. The SMILES string of the molecule is COc1cc(C)c(/C=C/C(C)=C/C=C/C(C)=C\C(=O)O[C@@H]2OC(C(=O)O)[C@@H](O)C(O)C2O)c(C)c1C. The number of aliphatic hydroxyl groups is 3. The first-order chi connectivity index (χ1) is 16.9. The molecule has 0 bridgehead atoms. The van der Waals surface area contributed by atoms with Crippen LogP contribution in [0.15, 0.2) is 47.6 Å². The molecule has 1 aromatic rings. The number of esters is 1. The summed E-state index contributed by atoms with van der Waals surface area (Å²) >= 11 is 0. The van der Waals surface area contributed by atoms with Crippen molar-refractivity contribution in [3.8, 4) is 5.75 Å². The number of hydrogen-bond donors (Lipinski definition) is 4. The van der Waals surface area contributed by atoms with E-state index < -0.39 is 42.6 Å². The molecule has 2 rings (SSSR count). The van der Waals surface area contributed by atoms with Gasteiger partial charge in [0.1, 0.15) is 24.1 Å². The van der Waals surface area contributed by atoms with Gasteiger partial charge in [0, 0.05) is 6.08 Å². The number of aryl methyl sites for hydroxylation is 1. The first kappa shape index (κ1) is 29.0. The van der Waals surface area contributed by atoms with Crippen molar-refractivity contribution >= 4 is 18.0 Å². The van der Waals surface area contributed by atoms with Crippen molar-refractivity contribution in [2.45, 2.75) is 65.3 Å². The molecule has 9 heteroatoms. The van der Waals surface area contributed by atoms with Crippen molar-refractivity contribution < 1.29 is 44.2 Å². The number of benzene rings is 1. The summed E-state index contributed by atoms with van der Waals surface area (Å²) in [6.45, 7) is 9.70. The summed E-state index contributed by atoms with van der Waals surface area (Å²) in [7, 11) is 1.66. The van der Waals surface area contributed by atoms with Gasteiger partial charge in [0.25, 0.3) is 0 Å². The molecule has 1 heterocycles. The second-order valence-corrected chi connectivity index (χ2v) is 8.72. The summed E-state index contributed by atoms with van der Waals surface area (Å²) < 4.78 is 15.3. The van der Waals surface area contributed by atoms with Crippen LogP contribution in [-0.2, 0) is 19.1 Å². The standard InChI is InChI=1S/C27H34O9/c1-14(10-11-19-16(3)13-20(34-6)18(5)17(19)4)8-7-9-15(2)12-21(28)35-27-24(31)22(29)23(30)25(36-27)26(32)33/h7-13,22-25,27,29-31H,1-6H3,(H,32,33)/b9-7+,11-10+,14-8+,15-12-/t22?,23-,24?,25?,27+/m0/s1. The van der Waals surface area contributed by atoms with Gasteiger partial charge in [-0.05, 0) is 68.5 Å². The van der Waals surface area contributed by atoms with E-state index in [0.29, 0.717) is 5.57 Å². The smallest absolute Gasteiger partial charge is 0.335 e. The molecule has 3 unspecified atom stereocenters. The zero-order valence-corrected chi connectivity index (χ0v) is 21.3. The van der Waals surface area contributed by atoms with Crippen LogP contribution in [0.25, 0.3) is 6.08 Å². The lowest BCUT2D eigenvalue weighted by Gasteiger charge is -2.37. The van der Waals surface area contributed by atoms with E-state index in [0.717, 1.165) is 39.7 Å². The predicted octanol–water partition coefficient (Wildman–Crippen LogP) is 2.52. The highest BCUT2D eigenvalue weighted by atomic mass is 16.7. The van der Waals surface area contributed by atoms with Crippen molar-refractivity contribution in [3.63, 3.8) is 0 Å². The average Bonchev–Trinajstić information content (AvgIpc) is 2.81. The largest absolute Gasteiger partial charge is 0.496 e. The number of ether oxygens (including phenoxy) is 3. The molecule has 0 aliphatic carbocycles. The molecule has 5 atom stereocenters. The molecule has 0 radical (unpaired) electrons. The van der Waals surface area contributed by atoms with Gasteiger partial charge >= 0.3 is 11.9 Å². The van der Waals surface area contributed by atoms with Crippen molar-refractivity contribution in [3.05, 3.63) is 69.8 Å². The minimum absolute atomic E-state index is 0.520. The summed E-state index contributed by atoms with van der Waals surface area (Å²) in [6.07, 6.45) is 1.34. The topological polar surface area (TPSA) is 143 Å². The van der Waals surface area contributed by atoms with E-state index in [1.54, 1.807) is 26.2 Å². The maximum absolute atomic E-state index is 12.2. The highest BCUT2D eigenvalue weighted by molar-refractivity contribution is 5.83. The van der Waals surface area contributed by atoms with E-state index in [-0.39, 0.29) is 0 Å². The van der Waals surface area contributed by atoms with E-state index >= 15 is 0 Å². The highest BCUT2D eigenvalue weighted by Gasteiger charge is 2.48. The van der Waals surface area contributed by atoms with E-state index in [1.807, 2.05) is 45.1 Å². The van der Waals surface area contributed by atoms with Crippen molar-refractivity contribution in [2.75, 3.05) is 7.11 Å². The Hall–Kier alpha value is -3.24. The number of methoxy groups -OCH3 is 1. The molecule has 0 aromatic heterocycles. The fraction of sp³-hybridized carbons (Fsp3) is 0.407. The van der Waals surface area contributed by atoms with Gasteiger partial charge in [-0.3, -0.25) is 0 Å². The first-order valence-corrected chi connectivity index (χ1v) is 11.4. The normalized spacial score (nSPS) is 25.4. The van der Waals surface area contributed by atoms with Gasteiger partial charge in [-0.15, -0.1) is 0 Å². The first-order valence-electron chi connectivity index (χ1n) is 11.4. The summed E-state index contributed by atoms with van der Waals surface area (Å²) in [6, 6.07) is 2.01. The quantitative estimate of drug-likeness (QED) is 0.240. The number of carbonyl (C=O) groups is 2.